The van der Waals surface area contributed by atoms with Crippen molar-refractivity contribution in [3.63, 3.8) is 0 Å². The van der Waals surface area contributed by atoms with E-state index in [1.165, 1.54) is 0 Å². The predicted molar refractivity (Wildman–Crippen MR) is 97.5 cm³/mol. The van der Waals surface area contributed by atoms with E-state index in [0.29, 0.717) is 6.04 Å². The van der Waals surface area contributed by atoms with Crippen LogP contribution >= 0.6 is 11.6 Å². The Morgan fingerprint density at radius 3 is 2.88 bits per heavy atom. The molecule has 0 atom stereocenters. The lowest BCUT2D eigenvalue weighted by molar-refractivity contribution is 0.337. The van der Waals surface area contributed by atoms with Crippen molar-refractivity contribution in [1.82, 2.24) is 29.9 Å². The molecule has 0 amide bonds. The molecule has 3 heterocycles. The minimum atomic E-state index is 0.425. The lowest BCUT2D eigenvalue weighted by atomic mass is 10.1. The lowest BCUT2D eigenvalue weighted by Crippen LogP contribution is -2.29. The van der Waals surface area contributed by atoms with Crippen LogP contribution in [0.5, 0.6) is 0 Å². The number of halogens is 1. The largest absolute Gasteiger partial charge is 0.329 e. The Bertz CT molecular complexity index is 833. The lowest BCUT2D eigenvalue weighted by Gasteiger charge is -2.22. The second-order valence-corrected chi connectivity index (χ2v) is 6.76. The molecular weight excluding hydrogens is 336 g/mol. The first-order valence-electron chi connectivity index (χ1n) is 8.69. The Hall–Kier alpha value is -2.18. The summed E-state index contributed by atoms with van der Waals surface area (Å²) < 4.78 is 4.10. The molecule has 0 saturated carbocycles. The maximum Gasteiger partial charge on any atom is 0.162 e. The summed E-state index contributed by atoms with van der Waals surface area (Å²) in [6, 6.07) is 8.38. The van der Waals surface area contributed by atoms with Gasteiger partial charge < -0.3 is 9.88 Å². The minimum Gasteiger partial charge on any atom is -0.329 e. The van der Waals surface area contributed by atoms with E-state index in [2.05, 4.69) is 31.2 Å². The van der Waals surface area contributed by atoms with Gasteiger partial charge in [-0.3, -0.25) is 0 Å². The first-order chi connectivity index (χ1) is 12.3. The Morgan fingerprint density at radius 1 is 1.20 bits per heavy atom. The first kappa shape index (κ1) is 16.3. The van der Waals surface area contributed by atoms with Crippen LogP contribution in [-0.4, -0.2) is 37.6 Å². The van der Waals surface area contributed by atoms with Gasteiger partial charge in [0, 0.05) is 24.0 Å². The standard InChI is InChI=1S/C18H21ClN6/c19-16-4-2-1-3-14(16)7-11-24-12-10-21-18(24)17-13-25(23-22-17)15-5-8-20-9-6-15/h1-4,10,12-13,15,20H,5-9,11H2. The van der Waals surface area contributed by atoms with Crippen LogP contribution in [0.3, 0.4) is 0 Å². The fourth-order valence-corrected chi connectivity index (χ4v) is 3.52. The summed E-state index contributed by atoms with van der Waals surface area (Å²) in [5.74, 6) is 0.854. The van der Waals surface area contributed by atoms with Gasteiger partial charge in [0.15, 0.2) is 5.82 Å². The predicted octanol–water partition coefficient (Wildman–Crippen LogP) is 2.96. The highest BCUT2D eigenvalue weighted by atomic mass is 35.5. The van der Waals surface area contributed by atoms with E-state index in [-0.39, 0.29) is 0 Å². The topological polar surface area (TPSA) is 60.6 Å². The maximum atomic E-state index is 6.25. The molecule has 4 rings (SSSR count). The van der Waals surface area contributed by atoms with Gasteiger partial charge in [0.25, 0.3) is 0 Å². The molecule has 6 nitrogen and oxygen atoms in total. The summed E-state index contributed by atoms with van der Waals surface area (Å²) in [5.41, 5.74) is 1.96. The van der Waals surface area contributed by atoms with Crippen molar-refractivity contribution < 1.29 is 0 Å². The van der Waals surface area contributed by atoms with Gasteiger partial charge in [-0.05, 0) is 44.0 Å². The molecule has 1 N–H and O–H groups in total. The zero-order valence-electron chi connectivity index (χ0n) is 14.0. The van der Waals surface area contributed by atoms with Gasteiger partial charge in [-0.2, -0.15) is 0 Å². The van der Waals surface area contributed by atoms with E-state index in [1.54, 1.807) is 0 Å². The molecule has 0 bridgehead atoms. The third kappa shape index (κ3) is 3.60. The second kappa shape index (κ2) is 7.37. The van der Waals surface area contributed by atoms with Crippen LogP contribution in [0.15, 0.2) is 42.9 Å². The van der Waals surface area contributed by atoms with E-state index >= 15 is 0 Å². The monoisotopic (exact) mass is 356 g/mol. The summed E-state index contributed by atoms with van der Waals surface area (Å²) in [6.07, 6.45) is 8.84. The average molecular weight is 357 g/mol. The number of nitrogens with zero attached hydrogens (tertiary/aromatic N) is 5. The molecule has 0 unspecified atom stereocenters. The normalized spacial score (nSPS) is 15.6. The zero-order chi connectivity index (χ0) is 17.1. The van der Waals surface area contributed by atoms with Crippen molar-refractivity contribution in [3.8, 4) is 11.5 Å². The molecule has 130 valence electrons. The molecule has 1 fully saturated rings. The number of rotatable bonds is 5. The Kier molecular flexibility index (Phi) is 4.81. The zero-order valence-corrected chi connectivity index (χ0v) is 14.7. The average Bonchev–Trinajstić information content (AvgIpc) is 3.31. The van der Waals surface area contributed by atoms with Crippen molar-refractivity contribution in [3.05, 3.63) is 53.4 Å². The molecule has 0 radical (unpaired) electrons. The molecule has 3 aromatic rings. The van der Waals surface area contributed by atoms with Gasteiger partial charge in [0.2, 0.25) is 0 Å². The van der Waals surface area contributed by atoms with Gasteiger partial charge in [-0.1, -0.05) is 35.0 Å². The van der Waals surface area contributed by atoms with Crippen molar-refractivity contribution in [1.29, 1.82) is 0 Å². The SMILES string of the molecule is Clc1ccccc1CCn1ccnc1-c1cn(C2CCNCC2)nn1. The van der Waals surface area contributed by atoms with Gasteiger partial charge in [0.1, 0.15) is 5.69 Å². The number of aryl methyl sites for hydroxylation is 2. The number of piperidine rings is 1. The Morgan fingerprint density at radius 2 is 2.04 bits per heavy atom. The van der Waals surface area contributed by atoms with E-state index in [1.807, 2.05) is 41.5 Å². The Balaban J connectivity index is 1.50. The van der Waals surface area contributed by atoms with Crippen LogP contribution in [0.1, 0.15) is 24.4 Å². The van der Waals surface area contributed by atoms with Crippen molar-refractivity contribution in [2.75, 3.05) is 13.1 Å². The second-order valence-electron chi connectivity index (χ2n) is 6.35. The third-order valence-corrected chi connectivity index (χ3v) is 5.09. The molecule has 1 aliphatic rings. The number of aromatic nitrogens is 5. The molecule has 0 spiro atoms. The quantitative estimate of drug-likeness (QED) is 0.763. The summed E-state index contributed by atoms with van der Waals surface area (Å²) in [7, 11) is 0. The minimum absolute atomic E-state index is 0.425. The number of hydrogen-bond donors (Lipinski definition) is 1. The number of hydrogen-bond acceptors (Lipinski definition) is 4. The molecular formula is C18H21ClN6. The van der Waals surface area contributed by atoms with Crippen LogP contribution < -0.4 is 5.32 Å². The van der Waals surface area contributed by atoms with Crippen LogP contribution in [0, 0.1) is 0 Å². The molecule has 25 heavy (non-hydrogen) atoms. The number of imidazole rings is 1. The molecule has 7 heteroatoms. The van der Waals surface area contributed by atoms with E-state index in [4.69, 9.17) is 11.6 Å². The van der Waals surface area contributed by atoms with Crippen molar-refractivity contribution in [2.24, 2.45) is 0 Å². The van der Waals surface area contributed by atoms with Crippen LogP contribution in [-0.2, 0) is 13.0 Å². The smallest absolute Gasteiger partial charge is 0.162 e. The van der Waals surface area contributed by atoms with E-state index < -0.39 is 0 Å². The van der Waals surface area contributed by atoms with Gasteiger partial charge in [-0.25, -0.2) is 9.67 Å². The summed E-state index contributed by atoms with van der Waals surface area (Å²) in [4.78, 5) is 4.48. The Labute approximate surface area is 151 Å². The fourth-order valence-electron chi connectivity index (χ4n) is 3.29. The summed E-state index contributed by atoms with van der Waals surface area (Å²) >= 11 is 6.25. The number of nitrogens with one attached hydrogen (secondary N) is 1. The van der Waals surface area contributed by atoms with Gasteiger partial charge in [-0.15, -0.1) is 5.10 Å². The van der Waals surface area contributed by atoms with E-state index in [9.17, 15) is 0 Å². The molecule has 1 saturated heterocycles. The van der Waals surface area contributed by atoms with Crippen molar-refractivity contribution >= 4 is 11.6 Å². The summed E-state index contributed by atoms with van der Waals surface area (Å²) in [5, 5.41) is 12.9. The third-order valence-electron chi connectivity index (χ3n) is 4.72. The summed E-state index contributed by atoms with van der Waals surface area (Å²) in [6.45, 7) is 2.87. The highest BCUT2D eigenvalue weighted by Crippen LogP contribution is 2.22. The molecule has 2 aromatic heterocycles. The number of benzene rings is 1. The van der Waals surface area contributed by atoms with Crippen LogP contribution in [0.4, 0.5) is 0 Å². The maximum absolute atomic E-state index is 6.25. The fraction of sp³-hybridized carbons (Fsp3) is 0.389. The molecule has 0 aliphatic carbocycles. The van der Waals surface area contributed by atoms with E-state index in [0.717, 1.165) is 61.0 Å². The van der Waals surface area contributed by atoms with Gasteiger partial charge >= 0.3 is 0 Å². The van der Waals surface area contributed by atoms with Crippen LogP contribution in [0.25, 0.3) is 11.5 Å². The highest BCUT2D eigenvalue weighted by molar-refractivity contribution is 6.31. The first-order valence-corrected chi connectivity index (χ1v) is 9.06. The highest BCUT2D eigenvalue weighted by Gasteiger charge is 2.18. The molecule has 1 aliphatic heterocycles. The van der Waals surface area contributed by atoms with Crippen LogP contribution in [0.2, 0.25) is 5.02 Å². The molecule has 1 aromatic carbocycles. The van der Waals surface area contributed by atoms with Crippen molar-refractivity contribution in [2.45, 2.75) is 31.8 Å². The van der Waals surface area contributed by atoms with Gasteiger partial charge in [0.05, 0.1) is 12.2 Å².